The SMILES string of the molecule is CC(C)C(=O)O[C@@H]1CCOC[C@H](NC(=O)OC(C)(C)C)C(=O)O[C@H]1C. The Hall–Kier alpha value is -1.83. The van der Waals surface area contributed by atoms with Gasteiger partial charge in [-0.25, -0.2) is 9.59 Å². The number of cyclic esters (lactones) is 1. The highest BCUT2D eigenvalue weighted by atomic mass is 16.6. The van der Waals surface area contributed by atoms with Gasteiger partial charge >= 0.3 is 18.0 Å². The molecule has 0 spiro atoms. The van der Waals surface area contributed by atoms with E-state index in [0.717, 1.165) is 0 Å². The molecule has 0 aromatic rings. The van der Waals surface area contributed by atoms with E-state index in [1.54, 1.807) is 41.5 Å². The number of hydrogen-bond acceptors (Lipinski definition) is 7. The number of hydrogen-bond donors (Lipinski definition) is 1. The van der Waals surface area contributed by atoms with Crippen molar-refractivity contribution in [1.29, 1.82) is 0 Å². The zero-order valence-corrected chi connectivity index (χ0v) is 15.8. The highest BCUT2D eigenvalue weighted by Gasteiger charge is 2.32. The van der Waals surface area contributed by atoms with Crippen molar-refractivity contribution in [3.8, 4) is 0 Å². The summed E-state index contributed by atoms with van der Waals surface area (Å²) in [6, 6.07) is -0.989. The van der Waals surface area contributed by atoms with Crippen LogP contribution in [-0.4, -0.2) is 55.1 Å². The van der Waals surface area contributed by atoms with E-state index in [9.17, 15) is 14.4 Å². The minimum atomic E-state index is -0.989. The van der Waals surface area contributed by atoms with Crippen LogP contribution >= 0.6 is 0 Å². The van der Waals surface area contributed by atoms with E-state index in [4.69, 9.17) is 18.9 Å². The molecule has 1 aliphatic heterocycles. The van der Waals surface area contributed by atoms with Gasteiger partial charge in [0.25, 0.3) is 0 Å². The van der Waals surface area contributed by atoms with E-state index in [2.05, 4.69) is 5.32 Å². The van der Waals surface area contributed by atoms with E-state index in [1.165, 1.54) is 0 Å². The van der Waals surface area contributed by atoms with Crippen LogP contribution in [-0.2, 0) is 28.5 Å². The first-order valence-electron chi connectivity index (χ1n) is 8.48. The summed E-state index contributed by atoms with van der Waals surface area (Å²) >= 11 is 0. The fourth-order valence-electron chi connectivity index (χ4n) is 2.04. The predicted molar refractivity (Wildman–Crippen MR) is 88.9 cm³/mol. The molecule has 1 rings (SSSR count). The third-order valence-corrected chi connectivity index (χ3v) is 3.37. The van der Waals surface area contributed by atoms with Gasteiger partial charge in [0.2, 0.25) is 0 Å². The topological polar surface area (TPSA) is 100 Å². The fraction of sp³-hybridized carbons (Fsp3) is 0.824. The molecule has 0 saturated carbocycles. The van der Waals surface area contributed by atoms with Crippen molar-refractivity contribution in [2.24, 2.45) is 5.92 Å². The van der Waals surface area contributed by atoms with Crippen LogP contribution in [0, 0.1) is 5.92 Å². The average molecular weight is 359 g/mol. The van der Waals surface area contributed by atoms with E-state index in [-0.39, 0.29) is 25.1 Å². The molecule has 1 fully saturated rings. The molecule has 0 bridgehead atoms. The number of rotatable bonds is 3. The van der Waals surface area contributed by atoms with Crippen LogP contribution in [0.5, 0.6) is 0 Å². The number of carbonyl (C=O) groups is 3. The first-order valence-corrected chi connectivity index (χ1v) is 8.48. The molecule has 0 radical (unpaired) electrons. The summed E-state index contributed by atoms with van der Waals surface area (Å²) in [5, 5.41) is 2.45. The van der Waals surface area contributed by atoms with Gasteiger partial charge in [0, 0.05) is 6.42 Å². The Kier molecular flexibility index (Phi) is 7.66. The van der Waals surface area contributed by atoms with E-state index in [0.29, 0.717) is 6.42 Å². The second-order valence-electron chi connectivity index (χ2n) is 7.33. The third-order valence-electron chi connectivity index (χ3n) is 3.37. The number of alkyl carbamates (subject to hydrolysis) is 1. The van der Waals surface area contributed by atoms with Crippen molar-refractivity contribution in [1.82, 2.24) is 5.32 Å². The molecule has 1 amide bonds. The second kappa shape index (κ2) is 9.03. The van der Waals surface area contributed by atoms with Gasteiger partial charge in [-0.15, -0.1) is 0 Å². The molecule has 0 aromatic carbocycles. The number of esters is 2. The minimum absolute atomic E-state index is 0.0460. The molecule has 1 aliphatic rings. The molecule has 0 unspecified atom stereocenters. The molecular weight excluding hydrogens is 330 g/mol. The molecule has 1 heterocycles. The summed E-state index contributed by atoms with van der Waals surface area (Å²) < 4.78 is 21.3. The van der Waals surface area contributed by atoms with Crippen molar-refractivity contribution in [2.75, 3.05) is 13.2 Å². The molecule has 8 nitrogen and oxygen atoms in total. The molecule has 8 heteroatoms. The first kappa shape index (κ1) is 21.2. The zero-order valence-electron chi connectivity index (χ0n) is 15.8. The van der Waals surface area contributed by atoms with Crippen molar-refractivity contribution in [3.05, 3.63) is 0 Å². The number of carbonyl (C=O) groups excluding carboxylic acids is 3. The Labute approximate surface area is 148 Å². The van der Waals surface area contributed by atoms with Gasteiger partial charge in [-0.2, -0.15) is 0 Å². The van der Waals surface area contributed by atoms with Crippen LogP contribution in [0.25, 0.3) is 0 Å². The molecule has 1 saturated heterocycles. The van der Waals surface area contributed by atoms with E-state index < -0.39 is 35.9 Å². The van der Waals surface area contributed by atoms with Crippen LogP contribution in [0.4, 0.5) is 4.79 Å². The lowest BCUT2D eigenvalue weighted by Crippen LogP contribution is -2.47. The Bertz CT molecular complexity index is 484. The largest absolute Gasteiger partial charge is 0.458 e. The standard InChI is InChI=1S/C17H29NO7/c1-10(2)14(19)24-13-7-8-22-9-12(15(20)23-11(13)3)18-16(21)25-17(4,5)6/h10-13H,7-9H2,1-6H3,(H,18,21)/t11-,12-,13+/m0/s1. The highest BCUT2D eigenvalue weighted by Crippen LogP contribution is 2.15. The summed E-state index contributed by atoms with van der Waals surface area (Å²) in [6.45, 7) is 10.5. The summed E-state index contributed by atoms with van der Waals surface area (Å²) in [5.41, 5.74) is -0.684. The van der Waals surface area contributed by atoms with Crippen molar-refractivity contribution < 1.29 is 33.3 Å². The van der Waals surface area contributed by atoms with E-state index in [1.807, 2.05) is 0 Å². The summed E-state index contributed by atoms with van der Waals surface area (Å²) in [7, 11) is 0. The Morgan fingerprint density at radius 2 is 1.92 bits per heavy atom. The van der Waals surface area contributed by atoms with Crippen molar-refractivity contribution in [2.45, 2.75) is 71.8 Å². The molecule has 0 aliphatic carbocycles. The Morgan fingerprint density at radius 3 is 2.48 bits per heavy atom. The van der Waals surface area contributed by atoms with Crippen molar-refractivity contribution in [3.63, 3.8) is 0 Å². The van der Waals surface area contributed by atoms with Gasteiger partial charge in [0.15, 0.2) is 6.04 Å². The van der Waals surface area contributed by atoms with Crippen LogP contribution in [0.2, 0.25) is 0 Å². The van der Waals surface area contributed by atoms with Gasteiger partial charge in [-0.05, 0) is 27.7 Å². The summed E-state index contributed by atoms with van der Waals surface area (Å²) in [6.07, 6.45) is -1.59. The number of nitrogens with one attached hydrogen (secondary N) is 1. The molecule has 0 aromatic heterocycles. The molecular formula is C17H29NO7. The maximum atomic E-state index is 12.3. The van der Waals surface area contributed by atoms with Crippen LogP contribution in [0.15, 0.2) is 0 Å². The van der Waals surface area contributed by atoms with Gasteiger partial charge in [0.1, 0.15) is 17.8 Å². The van der Waals surface area contributed by atoms with Crippen molar-refractivity contribution >= 4 is 18.0 Å². The Morgan fingerprint density at radius 1 is 1.28 bits per heavy atom. The highest BCUT2D eigenvalue weighted by molar-refractivity contribution is 5.81. The summed E-state index contributed by atoms with van der Waals surface area (Å²) in [5.74, 6) is -1.31. The fourth-order valence-corrected chi connectivity index (χ4v) is 2.04. The lowest BCUT2D eigenvalue weighted by atomic mass is 10.1. The monoisotopic (exact) mass is 359 g/mol. The van der Waals surface area contributed by atoms with Gasteiger partial charge in [0.05, 0.1) is 19.1 Å². The maximum Gasteiger partial charge on any atom is 0.408 e. The average Bonchev–Trinajstić information content (AvgIpc) is 2.50. The van der Waals surface area contributed by atoms with Gasteiger partial charge in [-0.1, -0.05) is 13.8 Å². The number of amides is 1. The number of ether oxygens (including phenoxy) is 4. The van der Waals surface area contributed by atoms with E-state index >= 15 is 0 Å². The lowest BCUT2D eigenvalue weighted by Gasteiger charge is -2.25. The van der Waals surface area contributed by atoms with Gasteiger partial charge < -0.3 is 24.3 Å². The molecule has 3 atom stereocenters. The van der Waals surface area contributed by atoms with Crippen LogP contribution in [0.3, 0.4) is 0 Å². The Balaban J connectivity index is 2.70. The maximum absolute atomic E-state index is 12.3. The third kappa shape index (κ3) is 7.72. The van der Waals surface area contributed by atoms with Crippen LogP contribution in [0.1, 0.15) is 48.0 Å². The second-order valence-corrected chi connectivity index (χ2v) is 7.33. The predicted octanol–water partition coefficient (Wildman–Crippen LogP) is 1.80. The normalized spacial score (nSPS) is 25.2. The summed E-state index contributed by atoms with van der Waals surface area (Å²) in [4.78, 5) is 35.9. The van der Waals surface area contributed by atoms with Gasteiger partial charge in [-0.3, -0.25) is 4.79 Å². The first-order chi connectivity index (χ1) is 11.5. The molecule has 25 heavy (non-hydrogen) atoms. The smallest absolute Gasteiger partial charge is 0.408 e. The van der Waals surface area contributed by atoms with Crippen LogP contribution < -0.4 is 5.32 Å². The lowest BCUT2D eigenvalue weighted by molar-refractivity contribution is -0.169. The molecule has 144 valence electrons. The quantitative estimate of drug-likeness (QED) is 0.606. The molecule has 1 N–H and O–H groups in total. The minimum Gasteiger partial charge on any atom is -0.458 e. The zero-order chi connectivity index (χ0) is 19.2.